The first-order valence-corrected chi connectivity index (χ1v) is 7.04. The van der Waals surface area contributed by atoms with E-state index in [1.54, 1.807) is 7.11 Å². The second-order valence-electron chi connectivity index (χ2n) is 4.78. The topological polar surface area (TPSA) is 71.7 Å². The van der Waals surface area contributed by atoms with E-state index in [4.69, 9.17) is 9.26 Å². The van der Waals surface area contributed by atoms with E-state index in [1.807, 2.05) is 20.8 Å². The van der Waals surface area contributed by atoms with Gasteiger partial charge in [-0.15, -0.1) is 24.0 Å². The lowest BCUT2D eigenvalue weighted by Crippen LogP contribution is -2.39. The van der Waals surface area contributed by atoms with E-state index in [0.29, 0.717) is 13.2 Å². The summed E-state index contributed by atoms with van der Waals surface area (Å²) in [6.07, 6.45) is 0. The van der Waals surface area contributed by atoms with Crippen molar-refractivity contribution in [3.05, 3.63) is 17.0 Å². The number of hydrogen-bond donors (Lipinski definition) is 2. The van der Waals surface area contributed by atoms with Gasteiger partial charge in [-0.1, -0.05) is 12.1 Å². The molecular weight excluding hydrogens is 383 g/mol. The van der Waals surface area contributed by atoms with Crippen molar-refractivity contribution >= 4 is 29.9 Å². The van der Waals surface area contributed by atoms with Crippen LogP contribution >= 0.6 is 24.0 Å². The number of aromatic nitrogens is 1. The molecule has 0 aliphatic carbocycles. The van der Waals surface area contributed by atoms with Gasteiger partial charge in [0.1, 0.15) is 5.76 Å². The van der Waals surface area contributed by atoms with Gasteiger partial charge in [-0.2, -0.15) is 0 Å². The lowest BCUT2D eigenvalue weighted by molar-refractivity contribution is 0.203. The minimum Gasteiger partial charge on any atom is -0.383 e. The van der Waals surface area contributed by atoms with E-state index in [-0.39, 0.29) is 29.9 Å². The molecular formula is C14H27IN4O2. The molecule has 1 rings (SSSR count). The number of ether oxygens (including phenoxy) is 1. The Morgan fingerprint density at radius 1 is 1.38 bits per heavy atom. The molecule has 0 saturated heterocycles. The fourth-order valence-corrected chi connectivity index (χ4v) is 2.13. The van der Waals surface area contributed by atoms with E-state index in [2.05, 4.69) is 27.7 Å². The predicted molar refractivity (Wildman–Crippen MR) is 95.7 cm³/mol. The molecule has 0 bridgehead atoms. The van der Waals surface area contributed by atoms with E-state index < -0.39 is 0 Å². The first-order valence-electron chi connectivity index (χ1n) is 7.04. The molecule has 1 aromatic rings. The number of aliphatic imine (C=N–C) groups is 1. The van der Waals surface area contributed by atoms with Gasteiger partial charge in [0, 0.05) is 38.2 Å². The van der Waals surface area contributed by atoms with Crippen LogP contribution < -0.4 is 10.6 Å². The maximum absolute atomic E-state index is 5.20. The summed E-state index contributed by atoms with van der Waals surface area (Å²) < 4.78 is 10.2. The number of aryl methyl sites for hydroxylation is 2. The van der Waals surface area contributed by atoms with Crippen molar-refractivity contribution in [3.63, 3.8) is 0 Å². The molecule has 0 radical (unpaired) electrons. The lowest BCUT2D eigenvalue weighted by Gasteiger charge is -2.13. The number of hydrogen-bond acceptors (Lipinski definition) is 4. The van der Waals surface area contributed by atoms with Crippen LogP contribution in [-0.4, -0.2) is 44.5 Å². The average Bonchev–Trinajstić information content (AvgIpc) is 2.75. The molecule has 1 unspecified atom stereocenters. The summed E-state index contributed by atoms with van der Waals surface area (Å²) in [6, 6.07) is 0. The Morgan fingerprint density at radius 2 is 2.10 bits per heavy atom. The summed E-state index contributed by atoms with van der Waals surface area (Å²) in [5.74, 6) is 1.96. The molecule has 21 heavy (non-hydrogen) atoms. The first kappa shape index (κ1) is 20.2. The molecule has 6 nitrogen and oxygen atoms in total. The van der Waals surface area contributed by atoms with Crippen LogP contribution in [0.1, 0.15) is 36.8 Å². The summed E-state index contributed by atoms with van der Waals surface area (Å²) in [7, 11) is 1.69. The molecule has 0 amide bonds. The van der Waals surface area contributed by atoms with Crippen molar-refractivity contribution in [3.8, 4) is 0 Å². The SMILES string of the molecule is CCNC(=NCC(C)c1c(C)noc1C)NCCOC.I. The Bertz CT molecular complexity index is 415. The van der Waals surface area contributed by atoms with Crippen molar-refractivity contribution in [1.29, 1.82) is 0 Å². The van der Waals surface area contributed by atoms with Gasteiger partial charge in [0.15, 0.2) is 5.96 Å². The average molecular weight is 410 g/mol. The number of rotatable bonds is 7. The van der Waals surface area contributed by atoms with E-state index in [0.717, 1.165) is 36.1 Å². The van der Waals surface area contributed by atoms with Crippen molar-refractivity contribution in [1.82, 2.24) is 15.8 Å². The Kier molecular flexibility index (Phi) is 10.4. The Labute approximate surface area is 144 Å². The zero-order valence-corrected chi connectivity index (χ0v) is 15.9. The zero-order chi connectivity index (χ0) is 15.0. The standard InChI is InChI=1S/C14H26N4O2.HI/c1-6-15-14(16-7-8-19-5)17-9-10(2)13-11(3)18-20-12(13)4;/h10H,6-9H2,1-5H3,(H2,15,16,17);1H. The van der Waals surface area contributed by atoms with E-state index >= 15 is 0 Å². The van der Waals surface area contributed by atoms with Gasteiger partial charge in [0.05, 0.1) is 12.3 Å². The molecule has 1 heterocycles. The Balaban J connectivity index is 0.00000400. The summed E-state index contributed by atoms with van der Waals surface area (Å²) in [6.45, 7) is 11.0. The highest BCUT2D eigenvalue weighted by molar-refractivity contribution is 14.0. The van der Waals surface area contributed by atoms with Crippen LogP contribution in [0.25, 0.3) is 0 Å². The number of nitrogens with zero attached hydrogens (tertiary/aromatic N) is 2. The highest BCUT2D eigenvalue weighted by Crippen LogP contribution is 2.23. The van der Waals surface area contributed by atoms with Crippen LogP contribution in [0.2, 0.25) is 0 Å². The minimum absolute atomic E-state index is 0. The summed E-state index contributed by atoms with van der Waals surface area (Å²) >= 11 is 0. The number of halogens is 1. The third-order valence-electron chi connectivity index (χ3n) is 3.05. The smallest absolute Gasteiger partial charge is 0.191 e. The summed E-state index contributed by atoms with van der Waals surface area (Å²) in [5, 5.41) is 10.4. The van der Waals surface area contributed by atoms with Gasteiger partial charge in [0.25, 0.3) is 0 Å². The number of guanidine groups is 1. The second kappa shape index (κ2) is 10.8. The van der Waals surface area contributed by atoms with E-state index in [9.17, 15) is 0 Å². The molecule has 0 aliphatic rings. The molecule has 7 heteroatoms. The maximum Gasteiger partial charge on any atom is 0.191 e. The number of nitrogens with one attached hydrogen (secondary N) is 2. The second-order valence-corrected chi connectivity index (χ2v) is 4.78. The quantitative estimate of drug-likeness (QED) is 0.312. The fraction of sp³-hybridized carbons (Fsp3) is 0.714. The van der Waals surface area contributed by atoms with Crippen molar-refractivity contribution in [2.24, 2.45) is 4.99 Å². The molecule has 0 saturated carbocycles. The van der Waals surface area contributed by atoms with Gasteiger partial charge in [-0.3, -0.25) is 4.99 Å². The number of methoxy groups -OCH3 is 1. The van der Waals surface area contributed by atoms with Gasteiger partial charge in [0.2, 0.25) is 0 Å². The maximum atomic E-state index is 5.20. The molecule has 0 aliphatic heterocycles. The summed E-state index contributed by atoms with van der Waals surface area (Å²) in [5.41, 5.74) is 2.10. The van der Waals surface area contributed by atoms with Crippen LogP contribution in [0.3, 0.4) is 0 Å². The Morgan fingerprint density at radius 3 is 2.62 bits per heavy atom. The third-order valence-corrected chi connectivity index (χ3v) is 3.05. The molecule has 1 atom stereocenters. The zero-order valence-electron chi connectivity index (χ0n) is 13.5. The minimum atomic E-state index is 0. The predicted octanol–water partition coefficient (Wildman–Crippen LogP) is 2.21. The first-order chi connectivity index (χ1) is 9.60. The third kappa shape index (κ3) is 6.64. The van der Waals surface area contributed by atoms with Gasteiger partial charge < -0.3 is 19.9 Å². The van der Waals surface area contributed by atoms with Gasteiger partial charge in [-0.25, -0.2) is 0 Å². The molecule has 0 spiro atoms. The summed E-state index contributed by atoms with van der Waals surface area (Å²) in [4.78, 5) is 4.59. The normalized spacial score (nSPS) is 12.7. The van der Waals surface area contributed by atoms with Crippen molar-refractivity contribution in [2.45, 2.75) is 33.6 Å². The van der Waals surface area contributed by atoms with Crippen LogP contribution in [0.4, 0.5) is 0 Å². The molecule has 1 aromatic heterocycles. The highest BCUT2D eigenvalue weighted by atomic mass is 127. The monoisotopic (exact) mass is 410 g/mol. The molecule has 0 fully saturated rings. The fourth-order valence-electron chi connectivity index (χ4n) is 2.13. The van der Waals surface area contributed by atoms with Crippen LogP contribution in [0.5, 0.6) is 0 Å². The van der Waals surface area contributed by atoms with Crippen LogP contribution in [-0.2, 0) is 4.74 Å². The Hall–Kier alpha value is -0.830. The van der Waals surface area contributed by atoms with E-state index in [1.165, 1.54) is 0 Å². The highest BCUT2D eigenvalue weighted by Gasteiger charge is 2.16. The van der Waals surface area contributed by atoms with Gasteiger partial charge in [-0.05, 0) is 20.8 Å². The van der Waals surface area contributed by atoms with Crippen LogP contribution in [0, 0.1) is 13.8 Å². The lowest BCUT2D eigenvalue weighted by atomic mass is 10.00. The molecule has 2 N–H and O–H groups in total. The van der Waals surface area contributed by atoms with Gasteiger partial charge >= 0.3 is 0 Å². The van der Waals surface area contributed by atoms with Crippen molar-refractivity contribution < 1.29 is 9.26 Å². The molecule has 0 aromatic carbocycles. The van der Waals surface area contributed by atoms with Crippen LogP contribution in [0.15, 0.2) is 9.52 Å². The molecule has 122 valence electrons. The largest absolute Gasteiger partial charge is 0.383 e. The van der Waals surface area contributed by atoms with Crippen molar-refractivity contribution in [2.75, 3.05) is 33.4 Å².